The third-order valence-corrected chi connectivity index (χ3v) is 4.48. The normalized spacial score (nSPS) is 18.9. The number of aliphatic hydroxyl groups excluding tert-OH is 1. The zero-order chi connectivity index (χ0) is 15.2. The van der Waals surface area contributed by atoms with Crippen molar-refractivity contribution in [2.75, 3.05) is 13.2 Å². The van der Waals surface area contributed by atoms with Gasteiger partial charge in [0.2, 0.25) is 0 Å². The summed E-state index contributed by atoms with van der Waals surface area (Å²) in [4.78, 5) is 0. The van der Waals surface area contributed by atoms with E-state index in [-0.39, 0.29) is 6.04 Å². The second-order valence-electron chi connectivity index (χ2n) is 5.69. The maximum atomic E-state index is 9.98. The maximum Gasteiger partial charge on any atom is 0.0898 e. The van der Waals surface area contributed by atoms with Crippen LogP contribution in [0.1, 0.15) is 44.2 Å². The summed E-state index contributed by atoms with van der Waals surface area (Å²) < 4.78 is 5.71. The van der Waals surface area contributed by atoms with E-state index in [2.05, 4.69) is 5.32 Å². The number of benzene rings is 1. The van der Waals surface area contributed by atoms with E-state index >= 15 is 0 Å². The van der Waals surface area contributed by atoms with Gasteiger partial charge in [-0.2, -0.15) is 0 Å². The third-order valence-electron chi connectivity index (χ3n) is 3.92. The first kappa shape index (κ1) is 17.0. The van der Waals surface area contributed by atoms with Crippen LogP contribution in [0.25, 0.3) is 0 Å². The smallest absolute Gasteiger partial charge is 0.0898 e. The molecule has 1 fully saturated rings. The molecule has 0 aliphatic heterocycles. The van der Waals surface area contributed by atoms with E-state index in [0.717, 1.165) is 18.4 Å². The zero-order valence-electron chi connectivity index (χ0n) is 12.3. The van der Waals surface area contributed by atoms with Gasteiger partial charge in [-0.15, -0.1) is 0 Å². The van der Waals surface area contributed by atoms with Crippen molar-refractivity contribution in [1.82, 2.24) is 5.32 Å². The molecular formula is C16H23Cl2NO2. The number of hydrogen-bond acceptors (Lipinski definition) is 3. The molecule has 5 heteroatoms. The second kappa shape index (κ2) is 8.35. The average Bonchev–Trinajstić information content (AvgIpc) is 2.95. The molecule has 2 rings (SSSR count). The Bertz CT molecular complexity index is 450. The molecule has 1 saturated carbocycles. The first-order valence-corrected chi connectivity index (χ1v) is 8.30. The van der Waals surface area contributed by atoms with E-state index in [4.69, 9.17) is 27.9 Å². The second-order valence-corrected chi connectivity index (χ2v) is 6.53. The van der Waals surface area contributed by atoms with Crippen molar-refractivity contribution >= 4 is 23.2 Å². The van der Waals surface area contributed by atoms with Gasteiger partial charge < -0.3 is 15.2 Å². The molecule has 2 atom stereocenters. The Kier molecular flexibility index (Phi) is 6.77. The van der Waals surface area contributed by atoms with Crippen LogP contribution < -0.4 is 5.32 Å². The van der Waals surface area contributed by atoms with Crippen molar-refractivity contribution in [3.63, 3.8) is 0 Å². The van der Waals surface area contributed by atoms with Crippen molar-refractivity contribution in [3.8, 4) is 0 Å². The molecule has 0 heterocycles. The van der Waals surface area contributed by atoms with Gasteiger partial charge >= 0.3 is 0 Å². The zero-order valence-corrected chi connectivity index (χ0v) is 13.8. The highest BCUT2D eigenvalue weighted by atomic mass is 35.5. The minimum atomic E-state index is -0.501. The maximum absolute atomic E-state index is 9.98. The number of aliphatic hydroxyl groups is 1. The van der Waals surface area contributed by atoms with Crippen LogP contribution in [-0.4, -0.2) is 30.5 Å². The van der Waals surface area contributed by atoms with Crippen molar-refractivity contribution < 1.29 is 9.84 Å². The average molecular weight is 332 g/mol. The highest BCUT2D eigenvalue weighted by Crippen LogP contribution is 2.26. The lowest BCUT2D eigenvalue weighted by molar-refractivity contribution is -0.00610. The summed E-state index contributed by atoms with van der Waals surface area (Å²) in [6.07, 6.45) is 4.56. The lowest BCUT2D eigenvalue weighted by atomic mass is 10.1. The first-order valence-electron chi connectivity index (χ1n) is 7.54. The van der Waals surface area contributed by atoms with Gasteiger partial charge in [-0.1, -0.05) is 42.1 Å². The van der Waals surface area contributed by atoms with Crippen molar-refractivity contribution in [1.29, 1.82) is 0 Å². The van der Waals surface area contributed by atoms with Gasteiger partial charge in [-0.3, -0.25) is 0 Å². The quantitative estimate of drug-likeness (QED) is 0.794. The minimum absolute atomic E-state index is 0.0518. The van der Waals surface area contributed by atoms with E-state index in [1.165, 1.54) is 12.8 Å². The molecule has 3 nitrogen and oxygen atoms in total. The van der Waals surface area contributed by atoms with Crippen LogP contribution >= 0.6 is 23.2 Å². The standard InChI is InChI=1S/C16H23Cl2NO2/c1-11(15-7-6-12(17)8-16(15)18)19-9-13(20)10-21-14-4-2-3-5-14/h6-8,11,13-14,19-20H,2-5,9-10H2,1H3. The number of ether oxygens (including phenoxy) is 1. The van der Waals surface area contributed by atoms with Crippen LogP contribution in [0.4, 0.5) is 0 Å². The lowest BCUT2D eigenvalue weighted by Crippen LogP contribution is -2.33. The Morgan fingerprint density at radius 2 is 2.05 bits per heavy atom. The summed E-state index contributed by atoms with van der Waals surface area (Å²) in [7, 11) is 0. The lowest BCUT2D eigenvalue weighted by Gasteiger charge is -2.20. The van der Waals surface area contributed by atoms with E-state index in [1.54, 1.807) is 6.07 Å². The Balaban J connectivity index is 1.73. The number of rotatable bonds is 7. The summed E-state index contributed by atoms with van der Waals surface area (Å²) in [6.45, 7) is 2.88. The molecule has 1 aromatic rings. The van der Waals surface area contributed by atoms with Crippen LogP contribution in [0.5, 0.6) is 0 Å². The van der Waals surface area contributed by atoms with Crippen molar-refractivity contribution in [2.24, 2.45) is 0 Å². The molecule has 21 heavy (non-hydrogen) atoms. The molecule has 0 saturated heterocycles. The fourth-order valence-electron chi connectivity index (χ4n) is 2.64. The van der Waals surface area contributed by atoms with Crippen LogP contribution in [0.2, 0.25) is 10.0 Å². The fraction of sp³-hybridized carbons (Fsp3) is 0.625. The summed E-state index contributed by atoms with van der Waals surface area (Å²) in [6, 6.07) is 5.51. The largest absolute Gasteiger partial charge is 0.389 e. The summed E-state index contributed by atoms with van der Waals surface area (Å²) in [5.74, 6) is 0. The summed E-state index contributed by atoms with van der Waals surface area (Å²) in [5.41, 5.74) is 0.977. The van der Waals surface area contributed by atoms with E-state index in [9.17, 15) is 5.11 Å². The first-order chi connectivity index (χ1) is 10.1. The van der Waals surface area contributed by atoms with Crippen LogP contribution in [-0.2, 0) is 4.74 Å². The summed E-state index contributed by atoms with van der Waals surface area (Å²) >= 11 is 12.1. The molecule has 2 unspecified atom stereocenters. The van der Waals surface area contributed by atoms with E-state index < -0.39 is 6.10 Å². The molecule has 0 spiro atoms. The SMILES string of the molecule is CC(NCC(O)COC1CCCC1)c1ccc(Cl)cc1Cl. The molecule has 0 radical (unpaired) electrons. The molecule has 0 amide bonds. The molecule has 0 aromatic heterocycles. The molecular weight excluding hydrogens is 309 g/mol. The van der Waals surface area contributed by atoms with Gasteiger partial charge in [0, 0.05) is 22.6 Å². The Morgan fingerprint density at radius 3 is 2.71 bits per heavy atom. The molecule has 1 aliphatic rings. The van der Waals surface area contributed by atoms with E-state index in [0.29, 0.717) is 29.3 Å². The molecule has 1 aromatic carbocycles. The highest BCUT2D eigenvalue weighted by Gasteiger charge is 2.17. The van der Waals surface area contributed by atoms with Crippen molar-refractivity contribution in [2.45, 2.75) is 50.9 Å². The van der Waals surface area contributed by atoms with Crippen LogP contribution in [0.15, 0.2) is 18.2 Å². The Hall–Kier alpha value is -0.320. The summed E-state index contributed by atoms with van der Waals surface area (Å²) in [5, 5.41) is 14.5. The monoisotopic (exact) mass is 331 g/mol. The topological polar surface area (TPSA) is 41.5 Å². The van der Waals surface area contributed by atoms with Crippen LogP contribution in [0.3, 0.4) is 0 Å². The van der Waals surface area contributed by atoms with Gasteiger partial charge in [0.25, 0.3) is 0 Å². The van der Waals surface area contributed by atoms with E-state index in [1.807, 2.05) is 19.1 Å². The van der Waals surface area contributed by atoms with Gasteiger partial charge in [-0.25, -0.2) is 0 Å². The minimum Gasteiger partial charge on any atom is -0.389 e. The predicted octanol–water partition coefficient (Wildman–Crippen LogP) is 3.96. The molecule has 2 N–H and O–H groups in total. The third kappa shape index (κ3) is 5.42. The fourth-order valence-corrected chi connectivity index (χ4v) is 3.21. The van der Waals surface area contributed by atoms with Crippen molar-refractivity contribution in [3.05, 3.63) is 33.8 Å². The Labute approximate surface area is 136 Å². The highest BCUT2D eigenvalue weighted by molar-refractivity contribution is 6.35. The number of nitrogens with one attached hydrogen (secondary N) is 1. The van der Waals surface area contributed by atoms with Gasteiger partial charge in [0.15, 0.2) is 0 Å². The van der Waals surface area contributed by atoms with Gasteiger partial charge in [0.1, 0.15) is 0 Å². The Morgan fingerprint density at radius 1 is 1.33 bits per heavy atom. The van der Waals surface area contributed by atoms with Gasteiger partial charge in [-0.05, 0) is 37.5 Å². The number of hydrogen-bond donors (Lipinski definition) is 2. The predicted molar refractivity (Wildman–Crippen MR) is 87.1 cm³/mol. The molecule has 1 aliphatic carbocycles. The van der Waals surface area contributed by atoms with Gasteiger partial charge in [0.05, 0.1) is 18.8 Å². The molecule has 118 valence electrons. The molecule has 0 bridgehead atoms. The number of halogens is 2. The van der Waals surface area contributed by atoms with Crippen LogP contribution in [0, 0.1) is 0 Å².